The monoisotopic (exact) mass is 424 g/mol. The highest BCUT2D eigenvalue weighted by Gasteiger charge is 2.37. The summed E-state index contributed by atoms with van der Waals surface area (Å²) in [5, 5.41) is 3.80. The molecule has 0 aliphatic carbocycles. The average molecular weight is 425 g/mol. The summed E-state index contributed by atoms with van der Waals surface area (Å²) in [6, 6.07) is 13.2. The third kappa shape index (κ3) is 4.28. The SMILES string of the molecule is COc1ccc(C2C/C(=N\OS(C)(=O)=O)c3ccccc3N2S(C)(=O)=O)cc1. The molecule has 1 aliphatic heterocycles. The normalized spacial score (nSPS) is 18.6. The van der Waals surface area contributed by atoms with Gasteiger partial charge in [-0.1, -0.05) is 35.5 Å². The van der Waals surface area contributed by atoms with Gasteiger partial charge in [-0.15, -0.1) is 0 Å². The van der Waals surface area contributed by atoms with Crippen LogP contribution in [0.1, 0.15) is 23.6 Å². The van der Waals surface area contributed by atoms with Crippen LogP contribution in [0, 0.1) is 0 Å². The van der Waals surface area contributed by atoms with Gasteiger partial charge in [0, 0.05) is 12.0 Å². The van der Waals surface area contributed by atoms with Gasteiger partial charge in [0.05, 0.1) is 37.1 Å². The van der Waals surface area contributed by atoms with Crippen LogP contribution in [0.3, 0.4) is 0 Å². The van der Waals surface area contributed by atoms with Gasteiger partial charge in [0.2, 0.25) is 10.0 Å². The number of para-hydroxylation sites is 1. The van der Waals surface area contributed by atoms with E-state index in [9.17, 15) is 16.8 Å². The molecular weight excluding hydrogens is 404 g/mol. The van der Waals surface area contributed by atoms with Crippen molar-refractivity contribution in [2.45, 2.75) is 12.5 Å². The summed E-state index contributed by atoms with van der Waals surface area (Å²) in [7, 11) is -5.88. The Bertz CT molecular complexity index is 1110. The second kappa shape index (κ2) is 7.44. The lowest BCUT2D eigenvalue weighted by Crippen LogP contribution is -2.39. The molecule has 0 fully saturated rings. The van der Waals surface area contributed by atoms with Gasteiger partial charge in [0.25, 0.3) is 0 Å². The molecule has 0 N–H and O–H groups in total. The van der Waals surface area contributed by atoms with Crippen molar-refractivity contribution >= 4 is 31.5 Å². The Labute approximate surface area is 164 Å². The Kier molecular flexibility index (Phi) is 5.35. The van der Waals surface area contributed by atoms with Crippen LogP contribution in [0.4, 0.5) is 5.69 Å². The number of methoxy groups -OCH3 is 1. The van der Waals surface area contributed by atoms with Gasteiger partial charge >= 0.3 is 10.1 Å². The number of oxime groups is 1. The molecule has 150 valence electrons. The molecule has 0 aromatic heterocycles. The predicted molar refractivity (Wildman–Crippen MR) is 107 cm³/mol. The van der Waals surface area contributed by atoms with Crippen molar-refractivity contribution in [3.63, 3.8) is 0 Å². The van der Waals surface area contributed by atoms with Crippen molar-refractivity contribution in [3.8, 4) is 5.75 Å². The second-order valence-corrected chi connectivity index (χ2v) is 9.80. The number of hydrogen-bond donors (Lipinski definition) is 0. The highest BCUT2D eigenvalue weighted by atomic mass is 32.2. The standard InChI is InChI=1S/C18H20N2O6S2/c1-25-14-10-8-13(9-11-14)18-12-16(19-26-28(3,23)24)15-6-4-5-7-17(15)20(18)27(2,21)22/h4-11,18H,12H2,1-3H3/b19-16+. The van der Waals surface area contributed by atoms with Crippen molar-refractivity contribution in [2.24, 2.45) is 5.16 Å². The number of benzene rings is 2. The van der Waals surface area contributed by atoms with Gasteiger partial charge in [-0.3, -0.25) is 8.59 Å². The molecule has 8 nitrogen and oxygen atoms in total. The zero-order valence-electron chi connectivity index (χ0n) is 15.6. The summed E-state index contributed by atoms with van der Waals surface area (Å²) >= 11 is 0. The smallest absolute Gasteiger partial charge is 0.325 e. The lowest BCUT2D eigenvalue weighted by Gasteiger charge is -2.37. The summed E-state index contributed by atoms with van der Waals surface area (Å²) in [4.78, 5) is 0. The zero-order chi connectivity index (χ0) is 20.5. The van der Waals surface area contributed by atoms with Gasteiger partial charge < -0.3 is 4.74 Å². The van der Waals surface area contributed by atoms with Crippen LogP contribution in [-0.4, -0.2) is 42.2 Å². The third-order valence-electron chi connectivity index (χ3n) is 4.26. The Morgan fingerprint density at radius 1 is 1.00 bits per heavy atom. The molecule has 10 heteroatoms. The van der Waals surface area contributed by atoms with E-state index in [1.54, 1.807) is 55.6 Å². The molecule has 1 atom stereocenters. The molecule has 1 heterocycles. The number of nitrogens with zero attached hydrogens (tertiary/aromatic N) is 2. The van der Waals surface area contributed by atoms with E-state index in [0.717, 1.165) is 12.5 Å². The lowest BCUT2D eigenvalue weighted by molar-refractivity contribution is 0.341. The predicted octanol–water partition coefficient (Wildman–Crippen LogP) is 2.29. The quantitative estimate of drug-likeness (QED) is 0.683. The second-order valence-electron chi connectivity index (χ2n) is 6.39. The minimum atomic E-state index is -3.79. The molecular formula is C18H20N2O6S2. The van der Waals surface area contributed by atoms with E-state index >= 15 is 0 Å². The number of rotatable bonds is 5. The number of hydrogen-bond acceptors (Lipinski definition) is 7. The van der Waals surface area contributed by atoms with E-state index in [1.807, 2.05) is 0 Å². The molecule has 0 saturated heterocycles. The van der Waals surface area contributed by atoms with E-state index in [4.69, 9.17) is 4.74 Å². The molecule has 2 aromatic rings. The molecule has 0 radical (unpaired) electrons. The van der Waals surface area contributed by atoms with Crippen LogP contribution in [0.15, 0.2) is 53.7 Å². The highest BCUT2D eigenvalue weighted by Crippen LogP contribution is 2.41. The van der Waals surface area contributed by atoms with Crippen molar-refractivity contribution in [1.82, 2.24) is 0 Å². The molecule has 0 saturated carbocycles. The molecule has 1 aliphatic rings. The van der Waals surface area contributed by atoms with E-state index in [-0.39, 0.29) is 6.42 Å². The molecule has 2 aromatic carbocycles. The van der Waals surface area contributed by atoms with Gasteiger partial charge in [0.1, 0.15) is 5.75 Å². The number of ether oxygens (including phenoxy) is 1. The van der Waals surface area contributed by atoms with Crippen LogP contribution in [0.2, 0.25) is 0 Å². The van der Waals surface area contributed by atoms with E-state index in [2.05, 4.69) is 9.44 Å². The molecule has 0 spiro atoms. The Hall–Kier alpha value is -2.59. The van der Waals surface area contributed by atoms with Crippen molar-refractivity contribution < 1.29 is 25.9 Å². The first-order valence-corrected chi connectivity index (χ1v) is 11.9. The Morgan fingerprint density at radius 3 is 2.21 bits per heavy atom. The van der Waals surface area contributed by atoms with E-state index < -0.39 is 26.2 Å². The summed E-state index contributed by atoms with van der Waals surface area (Å²) in [6.07, 6.45) is 2.18. The Balaban J connectivity index is 2.17. The summed E-state index contributed by atoms with van der Waals surface area (Å²) < 4.78 is 59.1. The Morgan fingerprint density at radius 2 is 1.64 bits per heavy atom. The van der Waals surface area contributed by atoms with Crippen molar-refractivity contribution in [1.29, 1.82) is 0 Å². The molecule has 3 rings (SSSR count). The maximum absolute atomic E-state index is 12.6. The van der Waals surface area contributed by atoms with E-state index in [1.165, 1.54) is 4.31 Å². The fraction of sp³-hybridized carbons (Fsp3) is 0.278. The molecule has 28 heavy (non-hydrogen) atoms. The first kappa shape index (κ1) is 20.2. The van der Waals surface area contributed by atoms with Gasteiger partial charge in [-0.2, -0.15) is 8.42 Å². The highest BCUT2D eigenvalue weighted by molar-refractivity contribution is 7.92. The summed E-state index contributed by atoms with van der Waals surface area (Å²) in [5.41, 5.74) is 1.98. The number of anilines is 1. The van der Waals surface area contributed by atoms with Gasteiger partial charge in [-0.05, 0) is 23.8 Å². The molecule has 1 unspecified atom stereocenters. The van der Waals surface area contributed by atoms with Gasteiger partial charge in [0.15, 0.2) is 0 Å². The minimum absolute atomic E-state index is 0.145. The molecule has 0 bridgehead atoms. The fourth-order valence-corrected chi connectivity index (χ4v) is 4.54. The maximum Gasteiger partial charge on any atom is 0.325 e. The summed E-state index contributed by atoms with van der Waals surface area (Å²) in [5.74, 6) is 0.639. The fourth-order valence-electron chi connectivity index (χ4n) is 3.14. The molecule has 0 amide bonds. The third-order valence-corrected chi connectivity index (χ3v) is 5.77. The largest absolute Gasteiger partial charge is 0.497 e. The van der Waals surface area contributed by atoms with E-state index in [0.29, 0.717) is 28.3 Å². The summed E-state index contributed by atoms with van der Waals surface area (Å²) in [6.45, 7) is 0. The van der Waals surface area contributed by atoms with Crippen molar-refractivity contribution in [2.75, 3.05) is 23.9 Å². The number of sulfonamides is 1. The minimum Gasteiger partial charge on any atom is -0.497 e. The van der Waals surface area contributed by atoms with Crippen LogP contribution >= 0.6 is 0 Å². The lowest BCUT2D eigenvalue weighted by atomic mass is 9.92. The number of fused-ring (bicyclic) bond motifs is 1. The van der Waals surface area contributed by atoms with Crippen molar-refractivity contribution in [3.05, 3.63) is 59.7 Å². The van der Waals surface area contributed by atoms with Crippen LogP contribution in [0.5, 0.6) is 5.75 Å². The van der Waals surface area contributed by atoms with Crippen LogP contribution in [-0.2, 0) is 24.4 Å². The topological polar surface area (TPSA) is 102 Å². The zero-order valence-corrected chi connectivity index (χ0v) is 17.2. The van der Waals surface area contributed by atoms with Crippen LogP contribution in [0.25, 0.3) is 0 Å². The van der Waals surface area contributed by atoms with Gasteiger partial charge in [-0.25, -0.2) is 8.42 Å². The first-order valence-electron chi connectivity index (χ1n) is 8.28. The first-order chi connectivity index (χ1) is 13.1. The van der Waals surface area contributed by atoms with Crippen LogP contribution < -0.4 is 9.04 Å². The average Bonchev–Trinajstić information content (AvgIpc) is 2.64. The maximum atomic E-state index is 12.6.